The summed E-state index contributed by atoms with van der Waals surface area (Å²) in [6.07, 6.45) is 1.91. The Morgan fingerprint density at radius 2 is 2.00 bits per heavy atom. The van der Waals surface area contributed by atoms with Gasteiger partial charge in [-0.25, -0.2) is 0 Å². The first kappa shape index (κ1) is 15.7. The summed E-state index contributed by atoms with van der Waals surface area (Å²) in [5.41, 5.74) is 1.30. The van der Waals surface area contributed by atoms with E-state index >= 15 is 0 Å². The predicted octanol–water partition coefficient (Wildman–Crippen LogP) is 5.02. The minimum Gasteiger partial charge on any atom is -0.349 e. The molecule has 0 saturated heterocycles. The molecule has 0 radical (unpaired) electrons. The molecule has 1 heterocycles. The summed E-state index contributed by atoms with van der Waals surface area (Å²) < 4.78 is 1.86. The van der Waals surface area contributed by atoms with Crippen LogP contribution in [0.3, 0.4) is 0 Å². The van der Waals surface area contributed by atoms with E-state index in [0.29, 0.717) is 0 Å². The maximum atomic E-state index is 12.1. The van der Waals surface area contributed by atoms with Gasteiger partial charge >= 0.3 is 0 Å². The lowest BCUT2D eigenvalue weighted by molar-refractivity contribution is 0.0942. The van der Waals surface area contributed by atoms with Crippen LogP contribution in [-0.4, -0.2) is 11.9 Å². The summed E-state index contributed by atoms with van der Waals surface area (Å²) >= 11 is 8.24. The molecule has 1 aromatic heterocycles. The van der Waals surface area contributed by atoms with Gasteiger partial charge in [-0.15, -0.1) is 11.3 Å². The molecule has 0 bridgehead atoms. The fourth-order valence-corrected chi connectivity index (χ4v) is 3.79. The number of halogens is 2. The van der Waals surface area contributed by atoms with Crippen LogP contribution >= 0.6 is 43.2 Å². The molecule has 0 saturated carbocycles. The van der Waals surface area contributed by atoms with E-state index in [0.717, 1.165) is 26.0 Å². The molecule has 5 heteroatoms. The van der Waals surface area contributed by atoms with Gasteiger partial charge in [-0.3, -0.25) is 4.79 Å². The molecule has 0 aliphatic carbocycles. The average Bonchev–Trinajstić information content (AvgIpc) is 2.78. The minimum atomic E-state index is -0.0121. The summed E-state index contributed by atoms with van der Waals surface area (Å²) in [6, 6.07) is 12.3. The van der Waals surface area contributed by atoms with Gasteiger partial charge in [0.05, 0.1) is 8.66 Å². The van der Waals surface area contributed by atoms with Crippen LogP contribution in [0.1, 0.15) is 28.6 Å². The van der Waals surface area contributed by atoms with E-state index < -0.39 is 0 Å². The highest BCUT2D eigenvalue weighted by atomic mass is 79.9. The van der Waals surface area contributed by atoms with Gasteiger partial charge in [0.25, 0.3) is 5.91 Å². The number of nitrogens with one attached hydrogen (secondary N) is 1. The van der Waals surface area contributed by atoms with Crippen molar-refractivity contribution in [2.75, 3.05) is 0 Å². The maximum absolute atomic E-state index is 12.1. The predicted molar refractivity (Wildman–Crippen MR) is 91.4 cm³/mol. The van der Waals surface area contributed by atoms with Crippen molar-refractivity contribution in [3.63, 3.8) is 0 Å². The third-order valence-corrected chi connectivity index (χ3v) is 6.21. The van der Waals surface area contributed by atoms with Gasteiger partial charge in [-0.05, 0) is 63.3 Å². The highest BCUT2D eigenvalue weighted by Crippen LogP contribution is 2.32. The Morgan fingerprint density at radius 1 is 1.30 bits per heavy atom. The van der Waals surface area contributed by atoms with Crippen LogP contribution < -0.4 is 5.32 Å². The second-order valence-electron chi connectivity index (χ2n) is 4.63. The Labute approximate surface area is 139 Å². The summed E-state index contributed by atoms with van der Waals surface area (Å²) in [4.78, 5) is 12.8. The number of carbonyl (C=O) groups is 1. The molecule has 0 spiro atoms. The van der Waals surface area contributed by atoms with E-state index in [2.05, 4.69) is 49.3 Å². The molecule has 2 aromatic rings. The van der Waals surface area contributed by atoms with Gasteiger partial charge in [-0.2, -0.15) is 0 Å². The number of hydrogen-bond donors (Lipinski definition) is 1. The van der Waals surface area contributed by atoms with Crippen molar-refractivity contribution in [1.29, 1.82) is 0 Å². The summed E-state index contributed by atoms with van der Waals surface area (Å²) in [5, 5.41) is 3.04. The van der Waals surface area contributed by atoms with Crippen LogP contribution in [0.15, 0.2) is 44.7 Å². The minimum absolute atomic E-state index is 0.0121. The number of carbonyl (C=O) groups excluding carboxylic acids is 1. The smallest absolute Gasteiger partial charge is 0.261 e. The molecule has 2 rings (SSSR count). The van der Waals surface area contributed by atoms with Crippen LogP contribution in [0.2, 0.25) is 0 Å². The third kappa shape index (κ3) is 4.43. The van der Waals surface area contributed by atoms with Crippen LogP contribution in [0.5, 0.6) is 0 Å². The molecular weight excluding hydrogens is 402 g/mol. The fourth-order valence-electron chi connectivity index (χ4n) is 1.85. The van der Waals surface area contributed by atoms with Crippen LogP contribution in [-0.2, 0) is 6.42 Å². The fraction of sp³-hybridized carbons (Fsp3) is 0.267. The normalized spacial score (nSPS) is 12.2. The van der Waals surface area contributed by atoms with Crippen LogP contribution in [0.4, 0.5) is 0 Å². The first-order valence-electron chi connectivity index (χ1n) is 6.36. The SMILES string of the molecule is CC(CCc1ccccc1)NC(=O)c1cc(Br)c(Br)s1. The number of hydrogen-bond acceptors (Lipinski definition) is 2. The summed E-state index contributed by atoms with van der Waals surface area (Å²) in [6.45, 7) is 2.04. The van der Waals surface area contributed by atoms with Gasteiger partial charge in [0.15, 0.2) is 0 Å². The van der Waals surface area contributed by atoms with Crippen molar-refractivity contribution in [1.82, 2.24) is 5.32 Å². The van der Waals surface area contributed by atoms with Crippen molar-refractivity contribution in [3.05, 3.63) is 55.1 Å². The standard InChI is InChI=1S/C15H15Br2NOS/c1-10(7-8-11-5-3-2-4-6-11)18-15(19)13-9-12(16)14(17)20-13/h2-6,9-10H,7-8H2,1H3,(H,18,19). The largest absolute Gasteiger partial charge is 0.349 e. The van der Waals surface area contributed by atoms with Gasteiger partial charge in [-0.1, -0.05) is 30.3 Å². The highest BCUT2D eigenvalue weighted by Gasteiger charge is 2.14. The Balaban J connectivity index is 1.85. The van der Waals surface area contributed by atoms with E-state index in [4.69, 9.17) is 0 Å². The zero-order valence-corrected chi connectivity index (χ0v) is 15.0. The van der Waals surface area contributed by atoms with Crippen molar-refractivity contribution in [2.45, 2.75) is 25.8 Å². The molecule has 0 fully saturated rings. The maximum Gasteiger partial charge on any atom is 0.261 e. The first-order valence-corrected chi connectivity index (χ1v) is 8.76. The first-order chi connectivity index (χ1) is 9.56. The molecule has 0 aliphatic rings. The Bertz CT molecular complexity index is 563. The van der Waals surface area contributed by atoms with Crippen LogP contribution in [0, 0.1) is 0 Å². The van der Waals surface area contributed by atoms with Crippen molar-refractivity contribution in [3.8, 4) is 0 Å². The highest BCUT2D eigenvalue weighted by molar-refractivity contribution is 9.13. The van der Waals surface area contributed by atoms with Gasteiger partial charge in [0.1, 0.15) is 0 Å². The number of benzene rings is 1. The van der Waals surface area contributed by atoms with E-state index in [1.54, 1.807) is 0 Å². The molecule has 1 atom stereocenters. The molecule has 0 aliphatic heterocycles. The molecule has 1 N–H and O–H groups in total. The second kappa shape index (κ2) is 7.38. The van der Waals surface area contributed by atoms with Gasteiger partial charge < -0.3 is 5.32 Å². The topological polar surface area (TPSA) is 29.1 Å². The molecule has 1 unspecified atom stereocenters. The average molecular weight is 417 g/mol. The van der Waals surface area contributed by atoms with E-state index in [1.807, 2.05) is 31.2 Å². The molecule has 1 amide bonds. The molecule has 2 nitrogen and oxygen atoms in total. The summed E-state index contributed by atoms with van der Waals surface area (Å²) in [5.74, 6) is -0.0121. The lowest BCUT2D eigenvalue weighted by atomic mass is 10.1. The summed E-state index contributed by atoms with van der Waals surface area (Å²) in [7, 11) is 0. The Morgan fingerprint density at radius 3 is 2.60 bits per heavy atom. The number of amides is 1. The van der Waals surface area contributed by atoms with E-state index in [9.17, 15) is 4.79 Å². The lowest BCUT2D eigenvalue weighted by Crippen LogP contribution is -2.32. The van der Waals surface area contributed by atoms with Crippen molar-refractivity contribution in [2.24, 2.45) is 0 Å². The number of thiophene rings is 1. The third-order valence-electron chi connectivity index (χ3n) is 2.96. The number of rotatable bonds is 5. The monoisotopic (exact) mass is 415 g/mol. The zero-order chi connectivity index (χ0) is 14.5. The van der Waals surface area contributed by atoms with Gasteiger partial charge in [0.2, 0.25) is 0 Å². The quantitative estimate of drug-likeness (QED) is 0.727. The van der Waals surface area contributed by atoms with Crippen LogP contribution in [0.25, 0.3) is 0 Å². The van der Waals surface area contributed by atoms with Crippen molar-refractivity contribution >= 4 is 49.1 Å². The second-order valence-corrected chi connectivity index (χ2v) is 7.86. The zero-order valence-electron chi connectivity index (χ0n) is 11.0. The Kier molecular flexibility index (Phi) is 5.81. The Hall–Kier alpha value is -0.650. The van der Waals surface area contributed by atoms with E-state index in [-0.39, 0.29) is 11.9 Å². The molecular formula is C15H15Br2NOS. The van der Waals surface area contributed by atoms with Crippen molar-refractivity contribution < 1.29 is 4.79 Å². The lowest BCUT2D eigenvalue weighted by Gasteiger charge is -2.13. The van der Waals surface area contributed by atoms with Gasteiger partial charge in [0, 0.05) is 10.5 Å². The molecule has 106 valence electrons. The number of aryl methyl sites for hydroxylation is 1. The van der Waals surface area contributed by atoms with E-state index in [1.165, 1.54) is 16.9 Å². The molecule has 20 heavy (non-hydrogen) atoms. The molecule has 1 aromatic carbocycles.